The Morgan fingerprint density at radius 1 is 1.19 bits per heavy atom. The van der Waals surface area contributed by atoms with Crippen molar-refractivity contribution in [2.24, 2.45) is 5.41 Å². The van der Waals surface area contributed by atoms with Crippen LogP contribution in [0.3, 0.4) is 0 Å². The van der Waals surface area contributed by atoms with E-state index < -0.39 is 0 Å². The highest BCUT2D eigenvalue weighted by Crippen LogP contribution is 2.30. The summed E-state index contributed by atoms with van der Waals surface area (Å²) in [6.45, 7) is 13.8. The molecule has 0 amide bonds. The van der Waals surface area contributed by atoms with Crippen molar-refractivity contribution in [3.63, 3.8) is 0 Å². The summed E-state index contributed by atoms with van der Waals surface area (Å²) in [5.74, 6) is 0. The largest absolute Gasteiger partial charge is 0.365 e. The molecule has 0 bridgehead atoms. The number of benzene rings is 1. The molecular formula is C19H32N2. The van der Waals surface area contributed by atoms with Gasteiger partial charge in [-0.2, -0.15) is 0 Å². The Morgan fingerprint density at radius 3 is 2.52 bits per heavy atom. The molecule has 1 aromatic rings. The van der Waals surface area contributed by atoms with E-state index in [9.17, 15) is 0 Å². The molecule has 1 aliphatic rings. The van der Waals surface area contributed by atoms with Crippen LogP contribution in [0.5, 0.6) is 0 Å². The van der Waals surface area contributed by atoms with Crippen LogP contribution in [-0.4, -0.2) is 25.2 Å². The number of aryl methyl sites for hydroxylation is 1. The van der Waals surface area contributed by atoms with Crippen LogP contribution >= 0.6 is 0 Å². The summed E-state index contributed by atoms with van der Waals surface area (Å²) in [6, 6.07) is 10.2. The molecule has 1 saturated heterocycles. The van der Waals surface area contributed by atoms with Gasteiger partial charge in [-0.1, -0.05) is 59.2 Å². The molecule has 2 unspecified atom stereocenters. The highest BCUT2D eigenvalue weighted by Gasteiger charge is 2.34. The van der Waals surface area contributed by atoms with E-state index in [4.69, 9.17) is 0 Å². The van der Waals surface area contributed by atoms with Crippen molar-refractivity contribution in [2.45, 2.75) is 66.0 Å². The number of hydrogen-bond donors (Lipinski definition) is 1. The SMILES string of the molecule is CCCc1ccccc1N1CC(C(C)(C)C)NCC1CC. The minimum atomic E-state index is 0.302. The van der Waals surface area contributed by atoms with E-state index in [1.54, 1.807) is 0 Å². The van der Waals surface area contributed by atoms with E-state index >= 15 is 0 Å². The molecule has 0 radical (unpaired) electrons. The minimum absolute atomic E-state index is 0.302. The fourth-order valence-electron chi connectivity index (χ4n) is 3.31. The topological polar surface area (TPSA) is 15.3 Å². The first kappa shape index (κ1) is 16.4. The lowest BCUT2D eigenvalue weighted by Crippen LogP contribution is -2.60. The quantitative estimate of drug-likeness (QED) is 0.891. The zero-order valence-corrected chi connectivity index (χ0v) is 14.4. The van der Waals surface area contributed by atoms with Gasteiger partial charge in [0.05, 0.1) is 0 Å². The summed E-state index contributed by atoms with van der Waals surface area (Å²) >= 11 is 0. The molecule has 2 rings (SSSR count). The van der Waals surface area contributed by atoms with Crippen molar-refractivity contribution in [1.82, 2.24) is 5.32 Å². The molecule has 1 N–H and O–H groups in total. The lowest BCUT2D eigenvalue weighted by atomic mass is 9.84. The molecule has 2 heteroatoms. The summed E-state index contributed by atoms with van der Waals surface area (Å²) in [5.41, 5.74) is 3.27. The third kappa shape index (κ3) is 3.79. The Labute approximate surface area is 130 Å². The summed E-state index contributed by atoms with van der Waals surface area (Å²) in [6.07, 6.45) is 3.59. The monoisotopic (exact) mass is 288 g/mol. The third-order valence-electron chi connectivity index (χ3n) is 4.76. The van der Waals surface area contributed by atoms with Crippen molar-refractivity contribution in [1.29, 1.82) is 0 Å². The van der Waals surface area contributed by atoms with Gasteiger partial charge in [0.2, 0.25) is 0 Å². The molecule has 1 fully saturated rings. The van der Waals surface area contributed by atoms with E-state index in [1.807, 2.05) is 0 Å². The zero-order valence-electron chi connectivity index (χ0n) is 14.4. The Balaban J connectivity index is 2.29. The van der Waals surface area contributed by atoms with Crippen LogP contribution < -0.4 is 10.2 Å². The van der Waals surface area contributed by atoms with Gasteiger partial charge >= 0.3 is 0 Å². The highest BCUT2D eigenvalue weighted by molar-refractivity contribution is 5.55. The Hall–Kier alpha value is -1.02. The van der Waals surface area contributed by atoms with E-state index in [2.05, 4.69) is 69.1 Å². The molecular weight excluding hydrogens is 256 g/mol. The average Bonchev–Trinajstić information content (AvgIpc) is 2.46. The maximum Gasteiger partial charge on any atom is 0.0412 e. The van der Waals surface area contributed by atoms with Crippen LogP contribution in [0.4, 0.5) is 5.69 Å². The maximum atomic E-state index is 3.77. The normalized spacial score (nSPS) is 23.4. The molecule has 21 heavy (non-hydrogen) atoms. The summed E-state index contributed by atoms with van der Waals surface area (Å²) < 4.78 is 0. The van der Waals surface area contributed by atoms with Gasteiger partial charge in [0, 0.05) is 30.9 Å². The first-order valence-electron chi connectivity index (χ1n) is 8.55. The number of rotatable bonds is 4. The van der Waals surface area contributed by atoms with Crippen LogP contribution in [0.1, 0.15) is 53.0 Å². The smallest absolute Gasteiger partial charge is 0.0412 e. The first-order chi connectivity index (χ1) is 9.97. The predicted molar refractivity (Wildman–Crippen MR) is 93.1 cm³/mol. The Bertz CT molecular complexity index is 447. The fraction of sp³-hybridized carbons (Fsp3) is 0.684. The van der Waals surface area contributed by atoms with Crippen molar-refractivity contribution in [2.75, 3.05) is 18.0 Å². The lowest BCUT2D eigenvalue weighted by molar-refractivity contribution is 0.233. The molecule has 0 aliphatic carbocycles. The molecule has 1 aromatic carbocycles. The average molecular weight is 288 g/mol. The van der Waals surface area contributed by atoms with Gasteiger partial charge in [-0.3, -0.25) is 0 Å². The Kier molecular flexibility index (Phi) is 5.32. The summed E-state index contributed by atoms with van der Waals surface area (Å²) in [5, 5.41) is 3.77. The van der Waals surface area contributed by atoms with Crippen LogP contribution in [-0.2, 0) is 6.42 Å². The van der Waals surface area contributed by atoms with Gasteiger partial charge in [-0.15, -0.1) is 0 Å². The van der Waals surface area contributed by atoms with Gasteiger partial charge in [-0.05, 0) is 29.9 Å². The third-order valence-corrected chi connectivity index (χ3v) is 4.76. The van der Waals surface area contributed by atoms with Gasteiger partial charge in [0.1, 0.15) is 0 Å². The van der Waals surface area contributed by atoms with Crippen LogP contribution in [0.2, 0.25) is 0 Å². The van der Waals surface area contributed by atoms with Gasteiger partial charge in [0.25, 0.3) is 0 Å². The standard InChI is InChI=1S/C19H32N2/c1-6-10-15-11-8-9-12-17(15)21-14-18(19(3,4)5)20-13-16(21)7-2/h8-9,11-12,16,18,20H,6-7,10,13-14H2,1-5H3. The second kappa shape index (κ2) is 6.83. The second-order valence-corrected chi connectivity index (χ2v) is 7.42. The Morgan fingerprint density at radius 2 is 1.90 bits per heavy atom. The molecule has 2 atom stereocenters. The number of nitrogens with zero attached hydrogens (tertiary/aromatic N) is 1. The van der Waals surface area contributed by atoms with Crippen LogP contribution in [0.25, 0.3) is 0 Å². The predicted octanol–water partition coefficient (Wildman–Crippen LogP) is 4.24. The molecule has 0 aromatic heterocycles. The fourth-order valence-corrected chi connectivity index (χ4v) is 3.31. The van der Waals surface area contributed by atoms with Crippen LogP contribution in [0.15, 0.2) is 24.3 Å². The van der Waals surface area contributed by atoms with E-state index in [0.717, 1.165) is 13.1 Å². The second-order valence-electron chi connectivity index (χ2n) is 7.42. The molecule has 1 heterocycles. The van der Waals surface area contributed by atoms with Crippen LogP contribution in [0, 0.1) is 5.41 Å². The molecule has 1 aliphatic heterocycles. The van der Waals surface area contributed by atoms with Crippen molar-refractivity contribution < 1.29 is 0 Å². The van der Waals surface area contributed by atoms with Crippen molar-refractivity contribution in [3.05, 3.63) is 29.8 Å². The van der Waals surface area contributed by atoms with Crippen molar-refractivity contribution >= 4 is 5.69 Å². The maximum absolute atomic E-state index is 3.77. The first-order valence-corrected chi connectivity index (χ1v) is 8.55. The number of para-hydroxylation sites is 1. The van der Waals surface area contributed by atoms with E-state index in [0.29, 0.717) is 17.5 Å². The van der Waals surface area contributed by atoms with Crippen molar-refractivity contribution in [3.8, 4) is 0 Å². The lowest BCUT2D eigenvalue weighted by Gasteiger charge is -2.46. The summed E-state index contributed by atoms with van der Waals surface area (Å²) in [4.78, 5) is 2.66. The zero-order chi connectivity index (χ0) is 15.5. The number of hydrogen-bond acceptors (Lipinski definition) is 2. The molecule has 0 spiro atoms. The van der Waals surface area contributed by atoms with E-state index in [1.165, 1.54) is 30.5 Å². The molecule has 118 valence electrons. The summed E-state index contributed by atoms with van der Waals surface area (Å²) in [7, 11) is 0. The van der Waals surface area contributed by atoms with Gasteiger partial charge in [-0.25, -0.2) is 0 Å². The highest BCUT2D eigenvalue weighted by atomic mass is 15.2. The van der Waals surface area contributed by atoms with Gasteiger partial charge in [0.15, 0.2) is 0 Å². The number of nitrogens with one attached hydrogen (secondary N) is 1. The number of anilines is 1. The van der Waals surface area contributed by atoms with E-state index in [-0.39, 0.29) is 0 Å². The van der Waals surface area contributed by atoms with Gasteiger partial charge < -0.3 is 10.2 Å². The number of piperazine rings is 1. The molecule has 2 nitrogen and oxygen atoms in total. The minimum Gasteiger partial charge on any atom is -0.365 e. The molecule has 0 saturated carbocycles.